The molecule has 3 nitrogen and oxygen atoms in total. The van der Waals surface area contributed by atoms with Crippen LogP contribution in [0, 0.1) is 0 Å². The van der Waals surface area contributed by atoms with Crippen LogP contribution >= 0.6 is 0 Å². The number of nitrogens with zero attached hydrogens (tertiary/aromatic N) is 1. The number of piperazine rings is 1. The van der Waals surface area contributed by atoms with Gasteiger partial charge in [0, 0.05) is 54.5 Å². The number of hydrogen-bond acceptors (Lipinski definition) is 3. The Bertz CT molecular complexity index is 199. The zero-order chi connectivity index (χ0) is 10.6. The molecule has 84 valence electrons. The molecule has 1 saturated heterocycles. The Morgan fingerprint density at radius 1 is 1.57 bits per heavy atom. The highest BCUT2D eigenvalue weighted by Crippen LogP contribution is 2.08. The van der Waals surface area contributed by atoms with Crippen molar-refractivity contribution in [2.75, 3.05) is 31.6 Å². The average molecular weight is 218 g/mol. The number of nitrogens with one attached hydrogen (secondary N) is 1. The smallest absolute Gasteiger partial charge is 0.0359 e. The van der Waals surface area contributed by atoms with Crippen molar-refractivity contribution in [3.05, 3.63) is 0 Å². The minimum Gasteiger partial charge on any atom is -0.311 e. The molecule has 1 aliphatic rings. The van der Waals surface area contributed by atoms with Crippen molar-refractivity contribution in [2.24, 2.45) is 0 Å². The summed E-state index contributed by atoms with van der Waals surface area (Å²) in [7, 11) is -0.657. The normalized spacial score (nSPS) is 31.6. The van der Waals surface area contributed by atoms with Crippen LogP contribution < -0.4 is 5.32 Å². The molecule has 14 heavy (non-hydrogen) atoms. The Balaban J connectivity index is 2.36. The van der Waals surface area contributed by atoms with Gasteiger partial charge in [0.1, 0.15) is 0 Å². The predicted octanol–water partition coefficient (Wildman–Crippen LogP) is 0.437. The van der Waals surface area contributed by atoms with Gasteiger partial charge in [0.05, 0.1) is 0 Å². The van der Waals surface area contributed by atoms with Gasteiger partial charge in [-0.15, -0.1) is 0 Å². The van der Waals surface area contributed by atoms with Gasteiger partial charge in [-0.25, -0.2) is 0 Å². The van der Waals surface area contributed by atoms with Gasteiger partial charge in [-0.05, 0) is 13.3 Å². The van der Waals surface area contributed by atoms with Crippen LogP contribution in [0.15, 0.2) is 0 Å². The van der Waals surface area contributed by atoms with E-state index in [0.29, 0.717) is 12.1 Å². The summed E-state index contributed by atoms with van der Waals surface area (Å²) in [5.41, 5.74) is 0. The minimum absolute atomic E-state index is 0.585. The number of rotatable bonds is 4. The maximum atomic E-state index is 11.0. The zero-order valence-corrected chi connectivity index (χ0v) is 10.3. The molecule has 0 aromatic carbocycles. The largest absolute Gasteiger partial charge is 0.311 e. The van der Waals surface area contributed by atoms with Gasteiger partial charge in [-0.2, -0.15) is 0 Å². The molecular weight excluding hydrogens is 196 g/mol. The van der Waals surface area contributed by atoms with E-state index < -0.39 is 10.8 Å². The first-order valence-electron chi connectivity index (χ1n) is 5.41. The highest BCUT2D eigenvalue weighted by atomic mass is 32.2. The molecule has 1 aliphatic heterocycles. The van der Waals surface area contributed by atoms with E-state index >= 15 is 0 Å². The fourth-order valence-corrected chi connectivity index (χ4v) is 2.32. The van der Waals surface area contributed by atoms with Gasteiger partial charge in [0.2, 0.25) is 0 Å². The van der Waals surface area contributed by atoms with Gasteiger partial charge < -0.3 is 5.32 Å². The van der Waals surface area contributed by atoms with Gasteiger partial charge in [0.25, 0.3) is 0 Å². The molecular formula is C10H22N2OS. The molecule has 0 spiro atoms. The summed E-state index contributed by atoms with van der Waals surface area (Å²) in [6.07, 6.45) is 2.96. The molecule has 0 bridgehead atoms. The summed E-state index contributed by atoms with van der Waals surface area (Å²) in [5.74, 6) is 0.806. The summed E-state index contributed by atoms with van der Waals surface area (Å²) >= 11 is 0. The first kappa shape index (κ1) is 12.1. The third-order valence-corrected chi connectivity index (χ3v) is 3.70. The van der Waals surface area contributed by atoms with Crippen LogP contribution in [-0.4, -0.2) is 52.8 Å². The van der Waals surface area contributed by atoms with E-state index in [1.54, 1.807) is 6.26 Å². The van der Waals surface area contributed by atoms with E-state index in [9.17, 15) is 4.21 Å². The third-order valence-electron chi connectivity index (χ3n) is 2.94. The van der Waals surface area contributed by atoms with E-state index in [1.807, 2.05) is 0 Å². The van der Waals surface area contributed by atoms with Crippen molar-refractivity contribution < 1.29 is 4.21 Å². The molecule has 0 saturated carbocycles. The summed E-state index contributed by atoms with van der Waals surface area (Å²) in [6, 6.07) is 1.21. The first-order valence-corrected chi connectivity index (χ1v) is 7.13. The summed E-state index contributed by atoms with van der Waals surface area (Å²) < 4.78 is 11.0. The lowest BCUT2D eigenvalue weighted by Crippen LogP contribution is -2.55. The van der Waals surface area contributed by atoms with Crippen LogP contribution in [0.4, 0.5) is 0 Å². The van der Waals surface area contributed by atoms with E-state index in [-0.39, 0.29) is 0 Å². The molecule has 3 unspecified atom stereocenters. The maximum absolute atomic E-state index is 11.0. The standard InChI is InChI=1S/C10H22N2OS/c1-4-10-8-12(5-6-14(3)13)9(2)7-11-10/h9-11H,4-8H2,1-3H3. The lowest BCUT2D eigenvalue weighted by molar-refractivity contribution is 0.147. The molecule has 0 aromatic heterocycles. The van der Waals surface area contributed by atoms with Crippen LogP contribution in [0.5, 0.6) is 0 Å². The average Bonchev–Trinajstić information content (AvgIpc) is 2.16. The SMILES string of the molecule is CCC1CN(CCS(C)=O)C(C)CN1. The molecule has 0 aliphatic carbocycles. The summed E-state index contributed by atoms with van der Waals surface area (Å²) in [4.78, 5) is 2.45. The van der Waals surface area contributed by atoms with E-state index in [2.05, 4.69) is 24.1 Å². The van der Waals surface area contributed by atoms with Crippen molar-refractivity contribution in [3.63, 3.8) is 0 Å². The molecule has 1 rings (SSSR count). The fourth-order valence-electron chi connectivity index (χ4n) is 1.82. The Hall–Kier alpha value is 0.0700. The van der Waals surface area contributed by atoms with Crippen LogP contribution in [0.2, 0.25) is 0 Å². The van der Waals surface area contributed by atoms with Crippen molar-refractivity contribution in [1.29, 1.82) is 0 Å². The van der Waals surface area contributed by atoms with Crippen LogP contribution in [0.3, 0.4) is 0 Å². The minimum atomic E-state index is -0.657. The topological polar surface area (TPSA) is 32.3 Å². The molecule has 1 fully saturated rings. The lowest BCUT2D eigenvalue weighted by atomic mass is 10.1. The van der Waals surface area contributed by atoms with Crippen molar-refractivity contribution in [3.8, 4) is 0 Å². The first-order chi connectivity index (χ1) is 6.63. The van der Waals surface area contributed by atoms with Crippen molar-refractivity contribution in [2.45, 2.75) is 32.4 Å². The van der Waals surface area contributed by atoms with Crippen LogP contribution in [0.25, 0.3) is 0 Å². The van der Waals surface area contributed by atoms with Crippen LogP contribution in [0.1, 0.15) is 20.3 Å². The second kappa shape index (κ2) is 5.83. The van der Waals surface area contributed by atoms with E-state index in [4.69, 9.17) is 0 Å². The van der Waals surface area contributed by atoms with E-state index in [0.717, 1.165) is 25.4 Å². The molecule has 1 heterocycles. The molecule has 3 atom stereocenters. The zero-order valence-electron chi connectivity index (χ0n) is 9.45. The Morgan fingerprint density at radius 2 is 2.29 bits per heavy atom. The fraction of sp³-hybridized carbons (Fsp3) is 1.00. The van der Waals surface area contributed by atoms with Gasteiger partial charge in [0.15, 0.2) is 0 Å². The van der Waals surface area contributed by atoms with Crippen LogP contribution in [-0.2, 0) is 10.8 Å². The molecule has 1 N–H and O–H groups in total. The maximum Gasteiger partial charge on any atom is 0.0359 e. The summed E-state index contributed by atoms with van der Waals surface area (Å²) in [5, 5.41) is 3.52. The molecule has 0 amide bonds. The number of hydrogen-bond donors (Lipinski definition) is 1. The second-order valence-corrected chi connectivity index (χ2v) is 5.69. The Morgan fingerprint density at radius 3 is 2.86 bits per heavy atom. The quantitative estimate of drug-likeness (QED) is 0.743. The van der Waals surface area contributed by atoms with Gasteiger partial charge >= 0.3 is 0 Å². The Labute approximate surface area is 89.7 Å². The van der Waals surface area contributed by atoms with Gasteiger partial charge in [-0.1, -0.05) is 6.92 Å². The van der Waals surface area contributed by atoms with E-state index in [1.165, 1.54) is 6.42 Å². The molecule has 0 aromatic rings. The van der Waals surface area contributed by atoms with Gasteiger partial charge in [-0.3, -0.25) is 9.11 Å². The molecule has 4 heteroatoms. The summed E-state index contributed by atoms with van der Waals surface area (Å²) in [6.45, 7) is 7.59. The highest BCUT2D eigenvalue weighted by Gasteiger charge is 2.23. The van der Waals surface area contributed by atoms with Crippen molar-refractivity contribution >= 4 is 10.8 Å². The monoisotopic (exact) mass is 218 g/mol. The third kappa shape index (κ3) is 3.67. The molecule has 0 radical (unpaired) electrons. The lowest BCUT2D eigenvalue weighted by Gasteiger charge is -2.38. The predicted molar refractivity (Wildman–Crippen MR) is 62.1 cm³/mol. The highest BCUT2D eigenvalue weighted by molar-refractivity contribution is 7.84. The second-order valence-electron chi connectivity index (χ2n) is 4.13. The van der Waals surface area contributed by atoms with Crippen molar-refractivity contribution in [1.82, 2.24) is 10.2 Å². The Kier molecular flexibility index (Phi) is 5.06.